The van der Waals surface area contributed by atoms with Gasteiger partial charge in [0.05, 0.1) is 11.4 Å². The van der Waals surface area contributed by atoms with E-state index in [0.717, 1.165) is 17.0 Å². The Morgan fingerprint density at radius 3 is 2.65 bits per heavy atom. The standard InChI is InChI=1S/C14H15ClN2O2S/c1-9-10(2)19-14(17-9)20-8-13(18)16-7-11-3-5-12(15)6-4-11/h3-6H,7-8H2,1-2H3,(H,16,18). The first kappa shape index (κ1) is 14.9. The molecule has 1 aromatic carbocycles. The van der Waals surface area contributed by atoms with Gasteiger partial charge in [-0.05, 0) is 31.5 Å². The third-order valence-electron chi connectivity index (χ3n) is 2.74. The molecule has 0 aliphatic carbocycles. The van der Waals surface area contributed by atoms with Crippen molar-refractivity contribution in [3.63, 3.8) is 0 Å². The number of halogens is 1. The highest BCUT2D eigenvalue weighted by atomic mass is 35.5. The van der Waals surface area contributed by atoms with Crippen molar-refractivity contribution in [1.29, 1.82) is 0 Å². The third-order valence-corrected chi connectivity index (χ3v) is 3.82. The second kappa shape index (κ2) is 6.81. The number of hydrogen-bond donors (Lipinski definition) is 1. The van der Waals surface area contributed by atoms with Crippen molar-refractivity contribution < 1.29 is 9.21 Å². The van der Waals surface area contributed by atoms with Gasteiger partial charge in [-0.25, -0.2) is 4.98 Å². The van der Waals surface area contributed by atoms with Gasteiger partial charge in [0.25, 0.3) is 5.22 Å². The Balaban J connectivity index is 1.76. The highest BCUT2D eigenvalue weighted by Crippen LogP contribution is 2.19. The van der Waals surface area contributed by atoms with Crippen LogP contribution in [0.5, 0.6) is 0 Å². The van der Waals surface area contributed by atoms with Crippen molar-refractivity contribution in [1.82, 2.24) is 10.3 Å². The van der Waals surface area contributed by atoms with Crippen LogP contribution in [0.4, 0.5) is 0 Å². The molecule has 0 saturated carbocycles. The highest BCUT2D eigenvalue weighted by Gasteiger charge is 2.09. The minimum absolute atomic E-state index is 0.0570. The zero-order valence-corrected chi connectivity index (χ0v) is 12.8. The van der Waals surface area contributed by atoms with Gasteiger partial charge in [0.15, 0.2) is 0 Å². The third kappa shape index (κ3) is 4.28. The maximum Gasteiger partial charge on any atom is 0.256 e. The van der Waals surface area contributed by atoms with Gasteiger partial charge < -0.3 is 9.73 Å². The molecule has 2 rings (SSSR count). The summed E-state index contributed by atoms with van der Waals surface area (Å²) in [5, 5.41) is 4.05. The number of aryl methyl sites for hydroxylation is 2. The molecule has 6 heteroatoms. The predicted octanol–water partition coefficient (Wildman–Crippen LogP) is 3.35. The fraction of sp³-hybridized carbons (Fsp3) is 0.286. The highest BCUT2D eigenvalue weighted by molar-refractivity contribution is 7.99. The zero-order valence-electron chi connectivity index (χ0n) is 11.3. The maximum absolute atomic E-state index is 11.7. The Labute approximate surface area is 126 Å². The molecular weight excluding hydrogens is 296 g/mol. The van der Waals surface area contributed by atoms with E-state index in [1.807, 2.05) is 26.0 Å². The van der Waals surface area contributed by atoms with Gasteiger partial charge in [0.2, 0.25) is 5.91 Å². The van der Waals surface area contributed by atoms with E-state index in [1.165, 1.54) is 11.8 Å². The Hall–Kier alpha value is -1.46. The molecule has 0 radical (unpaired) electrons. The largest absolute Gasteiger partial charge is 0.437 e. The van der Waals surface area contributed by atoms with Gasteiger partial charge in [-0.2, -0.15) is 0 Å². The van der Waals surface area contributed by atoms with Crippen LogP contribution in [0.2, 0.25) is 5.02 Å². The Morgan fingerprint density at radius 2 is 2.05 bits per heavy atom. The number of nitrogens with zero attached hydrogens (tertiary/aromatic N) is 1. The van der Waals surface area contributed by atoms with Gasteiger partial charge >= 0.3 is 0 Å². The van der Waals surface area contributed by atoms with Gasteiger partial charge in [0.1, 0.15) is 5.76 Å². The van der Waals surface area contributed by atoms with Crippen LogP contribution in [0, 0.1) is 13.8 Å². The first-order valence-corrected chi connectivity index (χ1v) is 7.49. The van der Waals surface area contributed by atoms with Crippen LogP contribution in [-0.4, -0.2) is 16.6 Å². The monoisotopic (exact) mass is 310 g/mol. The molecule has 0 fully saturated rings. The van der Waals surface area contributed by atoms with Crippen LogP contribution in [0.3, 0.4) is 0 Å². The summed E-state index contributed by atoms with van der Waals surface area (Å²) in [6.07, 6.45) is 0. The lowest BCUT2D eigenvalue weighted by molar-refractivity contribution is -0.118. The van der Waals surface area contributed by atoms with E-state index >= 15 is 0 Å². The Morgan fingerprint density at radius 1 is 1.35 bits per heavy atom. The van der Waals surface area contributed by atoms with E-state index in [2.05, 4.69) is 10.3 Å². The molecule has 0 atom stereocenters. The van der Waals surface area contributed by atoms with E-state index in [9.17, 15) is 4.79 Å². The van der Waals surface area contributed by atoms with E-state index in [-0.39, 0.29) is 11.7 Å². The molecule has 1 heterocycles. The molecule has 106 valence electrons. The fourth-order valence-electron chi connectivity index (χ4n) is 1.49. The minimum Gasteiger partial charge on any atom is -0.437 e. The molecule has 2 aromatic rings. The summed E-state index contributed by atoms with van der Waals surface area (Å²) < 4.78 is 5.40. The number of nitrogens with one attached hydrogen (secondary N) is 1. The van der Waals surface area contributed by atoms with Crippen molar-refractivity contribution in [2.75, 3.05) is 5.75 Å². The second-order valence-corrected chi connectivity index (χ2v) is 5.68. The lowest BCUT2D eigenvalue weighted by atomic mass is 10.2. The number of rotatable bonds is 5. The van der Waals surface area contributed by atoms with E-state index in [0.29, 0.717) is 16.8 Å². The van der Waals surface area contributed by atoms with Crippen molar-refractivity contribution in [2.24, 2.45) is 0 Å². The summed E-state index contributed by atoms with van der Waals surface area (Å²) in [6, 6.07) is 7.37. The normalized spacial score (nSPS) is 10.6. The van der Waals surface area contributed by atoms with Crippen LogP contribution in [0.15, 0.2) is 33.9 Å². The topological polar surface area (TPSA) is 55.1 Å². The van der Waals surface area contributed by atoms with Crippen molar-refractivity contribution in [2.45, 2.75) is 25.6 Å². The molecular formula is C14H15ClN2O2S. The molecule has 0 bridgehead atoms. The zero-order chi connectivity index (χ0) is 14.5. The molecule has 4 nitrogen and oxygen atoms in total. The molecule has 1 aromatic heterocycles. The molecule has 0 unspecified atom stereocenters. The van der Waals surface area contributed by atoms with Crippen molar-refractivity contribution in [3.8, 4) is 0 Å². The lowest BCUT2D eigenvalue weighted by Gasteiger charge is -2.04. The van der Waals surface area contributed by atoms with Crippen LogP contribution in [-0.2, 0) is 11.3 Å². The van der Waals surface area contributed by atoms with Gasteiger partial charge in [-0.15, -0.1) is 0 Å². The average molecular weight is 311 g/mol. The number of thioether (sulfide) groups is 1. The summed E-state index contributed by atoms with van der Waals surface area (Å²) in [4.78, 5) is 15.9. The number of amides is 1. The molecule has 0 aliphatic rings. The van der Waals surface area contributed by atoms with Crippen LogP contribution in [0.25, 0.3) is 0 Å². The lowest BCUT2D eigenvalue weighted by Crippen LogP contribution is -2.24. The molecule has 1 amide bonds. The summed E-state index contributed by atoms with van der Waals surface area (Å²) >= 11 is 7.09. The van der Waals surface area contributed by atoms with Crippen LogP contribution >= 0.6 is 23.4 Å². The second-order valence-electron chi connectivity index (χ2n) is 4.31. The van der Waals surface area contributed by atoms with E-state index < -0.39 is 0 Å². The minimum atomic E-state index is -0.0570. The van der Waals surface area contributed by atoms with Gasteiger partial charge in [-0.3, -0.25) is 4.79 Å². The number of oxazole rings is 1. The van der Waals surface area contributed by atoms with Gasteiger partial charge in [0, 0.05) is 11.6 Å². The number of carbonyl (C=O) groups excluding carboxylic acids is 1. The molecule has 0 saturated heterocycles. The van der Waals surface area contributed by atoms with Crippen molar-refractivity contribution in [3.05, 3.63) is 46.3 Å². The average Bonchev–Trinajstić information content (AvgIpc) is 2.75. The fourth-order valence-corrected chi connectivity index (χ4v) is 2.35. The Kier molecular flexibility index (Phi) is 5.09. The summed E-state index contributed by atoms with van der Waals surface area (Å²) in [5.41, 5.74) is 1.87. The number of hydrogen-bond acceptors (Lipinski definition) is 4. The first-order valence-electron chi connectivity index (χ1n) is 6.12. The maximum atomic E-state index is 11.7. The summed E-state index contributed by atoms with van der Waals surface area (Å²) in [5.74, 6) is 1.01. The number of aromatic nitrogens is 1. The quantitative estimate of drug-likeness (QED) is 0.860. The van der Waals surface area contributed by atoms with Crippen molar-refractivity contribution >= 4 is 29.3 Å². The Bertz CT molecular complexity index is 576. The SMILES string of the molecule is Cc1nc(SCC(=O)NCc2ccc(Cl)cc2)oc1C. The summed E-state index contributed by atoms with van der Waals surface area (Å²) in [6.45, 7) is 4.22. The number of benzene rings is 1. The van der Waals surface area contributed by atoms with E-state index in [4.69, 9.17) is 16.0 Å². The van der Waals surface area contributed by atoms with Crippen LogP contribution < -0.4 is 5.32 Å². The number of carbonyl (C=O) groups is 1. The summed E-state index contributed by atoms with van der Waals surface area (Å²) in [7, 11) is 0. The van der Waals surface area contributed by atoms with E-state index in [1.54, 1.807) is 12.1 Å². The molecule has 0 aliphatic heterocycles. The smallest absolute Gasteiger partial charge is 0.256 e. The van der Waals surface area contributed by atoms with Crippen LogP contribution in [0.1, 0.15) is 17.0 Å². The molecule has 0 spiro atoms. The van der Waals surface area contributed by atoms with Gasteiger partial charge in [-0.1, -0.05) is 35.5 Å². The predicted molar refractivity (Wildman–Crippen MR) is 80.0 cm³/mol. The first-order chi connectivity index (χ1) is 9.54. The molecule has 1 N–H and O–H groups in total. The molecule has 20 heavy (non-hydrogen) atoms.